The molecule has 0 bridgehead atoms. The highest BCUT2D eigenvalue weighted by atomic mass is 19.4. The summed E-state index contributed by atoms with van der Waals surface area (Å²) in [6.07, 6.45) is -11.3. The van der Waals surface area contributed by atoms with Gasteiger partial charge in [-0.15, -0.1) is 0 Å². The lowest BCUT2D eigenvalue weighted by atomic mass is 10.1. The lowest BCUT2D eigenvalue weighted by molar-refractivity contribution is -0.255. The highest BCUT2D eigenvalue weighted by molar-refractivity contribution is 6.01. The van der Waals surface area contributed by atoms with E-state index >= 15 is 0 Å². The van der Waals surface area contributed by atoms with E-state index in [4.69, 9.17) is 0 Å². The van der Waals surface area contributed by atoms with E-state index in [-0.39, 0.29) is 5.69 Å². The van der Waals surface area contributed by atoms with Gasteiger partial charge >= 0.3 is 18.4 Å². The fraction of sp³-hybridized carbons (Fsp3) is 0.214. The molecule has 0 unspecified atom stereocenters. The van der Waals surface area contributed by atoms with Crippen LogP contribution in [0.1, 0.15) is 0 Å². The Bertz CT molecular complexity index is 691. The SMILES string of the molecule is O=C(Nc1cccc2ccccc12)NC(C(F)(F)F)C(F)(F)F. The van der Waals surface area contributed by atoms with E-state index in [1.54, 1.807) is 30.3 Å². The van der Waals surface area contributed by atoms with Crippen LogP contribution in [0.3, 0.4) is 0 Å². The minimum absolute atomic E-state index is 0.101. The molecule has 0 fully saturated rings. The predicted octanol–water partition coefficient (Wildman–Crippen LogP) is 4.45. The number of amides is 2. The van der Waals surface area contributed by atoms with Gasteiger partial charge in [-0.25, -0.2) is 4.79 Å². The fourth-order valence-corrected chi connectivity index (χ4v) is 1.97. The van der Waals surface area contributed by atoms with Crippen molar-refractivity contribution in [3.8, 4) is 0 Å². The van der Waals surface area contributed by atoms with Gasteiger partial charge in [0.25, 0.3) is 0 Å². The number of carbonyl (C=O) groups is 1. The Morgan fingerprint density at radius 1 is 0.870 bits per heavy atom. The van der Waals surface area contributed by atoms with E-state index in [1.165, 1.54) is 12.1 Å². The van der Waals surface area contributed by atoms with Crippen LogP contribution in [0, 0.1) is 0 Å². The predicted molar refractivity (Wildman–Crippen MR) is 72.0 cm³/mol. The standard InChI is InChI=1S/C14H10F6N2O/c15-13(16,17)11(14(18,19)20)22-12(23)21-10-7-3-5-8-4-1-2-6-9(8)10/h1-7,11H,(H2,21,22,23). The van der Waals surface area contributed by atoms with E-state index in [0.717, 1.165) is 5.32 Å². The van der Waals surface area contributed by atoms with Crippen LogP contribution < -0.4 is 10.6 Å². The third kappa shape index (κ3) is 4.05. The van der Waals surface area contributed by atoms with Crippen molar-refractivity contribution in [1.82, 2.24) is 5.32 Å². The Kier molecular flexibility index (Phi) is 4.39. The zero-order valence-corrected chi connectivity index (χ0v) is 11.3. The average Bonchev–Trinajstić information content (AvgIpc) is 2.43. The minimum atomic E-state index is -5.64. The van der Waals surface area contributed by atoms with Crippen molar-refractivity contribution < 1.29 is 31.1 Å². The number of carbonyl (C=O) groups excluding carboxylic acids is 1. The lowest BCUT2D eigenvalue weighted by Crippen LogP contribution is -2.55. The van der Waals surface area contributed by atoms with Crippen LogP contribution in [0.25, 0.3) is 10.8 Å². The molecule has 0 atom stereocenters. The Labute approximate surface area is 126 Å². The second-order valence-electron chi connectivity index (χ2n) is 4.64. The highest BCUT2D eigenvalue weighted by Crippen LogP contribution is 2.33. The maximum atomic E-state index is 12.4. The van der Waals surface area contributed by atoms with E-state index in [0.29, 0.717) is 10.8 Å². The molecule has 23 heavy (non-hydrogen) atoms. The van der Waals surface area contributed by atoms with Crippen molar-refractivity contribution in [2.24, 2.45) is 0 Å². The molecule has 9 heteroatoms. The van der Waals surface area contributed by atoms with Crippen LogP contribution >= 0.6 is 0 Å². The number of rotatable bonds is 2. The Morgan fingerprint density at radius 2 is 1.43 bits per heavy atom. The van der Waals surface area contributed by atoms with Gasteiger partial charge < -0.3 is 10.6 Å². The first-order valence-electron chi connectivity index (χ1n) is 6.28. The largest absolute Gasteiger partial charge is 0.417 e. The second-order valence-corrected chi connectivity index (χ2v) is 4.64. The van der Waals surface area contributed by atoms with Crippen molar-refractivity contribution in [2.45, 2.75) is 18.4 Å². The van der Waals surface area contributed by atoms with Gasteiger partial charge in [0, 0.05) is 5.39 Å². The van der Waals surface area contributed by atoms with Gasteiger partial charge in [-0.3, -0.25) is 0 Å². The molecule has 2 aromatic carbocycles. The number of hydrogen-bond acceptors (Lipinski definition) is 1. The molecule has 0 aromatic heterocycles. The molecule has 2 amide bonds. The van der Waals surface area contributed by atoms with E-state index < -0.39 is 24.4 Å². The van der Waals surface area contributed by atoms with Gasteiger partial charge in [0.15, 0.2) is 0 Å². The van der Waals surface area contributed by atoms with Gasteiger partial charge in [-0.05, 0) is 11.5 Å². The smallest absolute Gasteiger partial charge is 0.318 e. The fourth-order valence-electron chi connectivity index (χ4n) is 1.97. The molecule has 0 aliphatic carbocycles. The van der Waals surface area contributed by atoms with Crippen LogP contribution in [0.5, 0.6) is 0 Å². The normalized spacial score (nSPS) is 12.5. The molecule has 0 spiro atoms. The Balaban J connectivity index is 2.21. The second kappa shape index (κ2) is 5.98. The molecular formula is C14H10F6N2O. The number of fused-ring (bicyclic) bond motifs is 1. The quantitative estimate of drug-likeness (QED) is 0.782. The number of anilines is 1. The number of nitrogens with one attached hydrogen (secondary N) is 2. The van der Waals surface area contributed by atoms with Crippen LogP contribution in [-0.2, 0) is 0 Å². The highest BCUT2D eigenvalue weighted by Gasteiger charge is 2.57. The lowest BCUT2D eigenvalue weighted by Gasteiger charge is -2.24. The van der Waals surface area contributed by atoms with Gasteiger partial charge in [0.05, 0.1) is 5.69 Å². The summed E-state index contributed by atoms with van der Waals surface area (Å²) < 4.78 is 74.4. The van der Waals surface area contributed by atoms with Crippen molar-refractivity contribution >= 4 is 22.5 Å². The number of benzene rings is 2. The number of halogens is 6. The third-order valence-corrected chi connectivity index (χ3v) is 2.97. The zero-order chi connectivity index (χ0) is 17.3. The summed E-state index contributed by atoms with van der Waals surface area (Å²) >= 11 is 0. The molecule has 2 aromatic rings. The van der Waals surface area contributed by atoms with Crippen LogP contribution in [0.4, 0.5) is 36.8 Å². The summed E-state index contributed by atoms with van der Waals surface area (Å²) in [6.45, 7) is 0. The van der Waals surface area contributed by atoms with Gasteiger partial charge in [0.2, 0.25) is 6.04 Å². The van der Waals surface area contributed by atoms with Crippen LogP contribution in [0.2, 0.25) is 0 Å². The summed E-state index contributed by atoms with van der Waals surface area (Å²) in [7, 11) is 0. The molecule has 0 aliphatic rings. The molecule has 0 heterocycles. The summed E-state index contributed by atoms with van der Waals surface area (Å²) in [5, 5.41) is 4.08. The van der Waals surface area contributed by atoms with Crippen molar-refractivity contribution in [2.75, 3.05) is 5.32 Å². The van der Waals surface area contributed by atoms with Crippen molar-refractivity contribution in [1.29, 1.82) is 0 Å². The molecule has 2 rings (SSSR count). The summed E-state index contributed by atoms with van der Waals surface area (Å²) in [5.41, 5.74) is 0.101. The number of urea groups is 1. The average molecular weight is 336 g/mol. The minimum Gasteiger partial charge on any atom is -0.318 e. The number of alkyl halides is 6. The third-order valence-electron chi connectivity index (χ3n) is 2.97. The van der Waals surface area contributed by atoms with E-state index in [2.05, 4.69) is 0 Å². The van der Waals surface area contributed by atoms with Crippen LogP contribution in [-0.4, -0.2) is 24.4 Å². The summed E-state index contributed by atoms with van der Waals surface area (Å²) in [4.78, 5) is 11.5. The molecule has 3 nitrogen and oxygen atoms in total. The topological polar surface area (TPSA) is 41.1 Å². The summed E-state index contributed by atoms with van der Waals surface area (Å²) in [6, 6.07) is 5.64. The van der Waals surface area contributed by atoms with E-state index in [1.807, 2.05) is 5.32 Å². The van der Waals surface area contributed by atoms with Crippen molar-refractivity contribution in [3.63, 3.8) is 0 Å². The Morgan fingerprint density at radius 3 is 2.04 bits per heavy atom. The van der Waals surface area contributed by atoms with Gasteiger partial charge in [0.1, 0.15) is 0 Å². The van der Waals surface area contributed by atoms with Crippen LogP contribution in [0.15, 0.2) is 42.5 Å². The van der Waals surface area contributed by atoms with Crippen molar-refractivity contribution in [3.05, 3.63) is 42.5 Å². The molecule has 0 saturated heterocycles. The molecule has 0 aliphatic heterocycles. The molecule has 2 N–H and O–H groups in total. The van der Waals surface area contributed by atoms with Gasteiger partial charge in [-0.1, -0.05) is 36.4 Å². The molecule has 124 valence electrons. The monoisotopic (exact) mass is 336 g/mol. The first-order valence-corrected chi connectivity index (χ1v) is 6.28. The first-order chi connectivity index (χ1) is 10.6. The summed E-state index contributed by atoms with van der Waals surface area (Å²) in [5.74, 6) is 0. The Hall–Kier alpha value is -2.45. The number of hydrogen-bond donors (Lipinski definition) is 2. The molecule has 0 saturated carbocycles. The van der Waals surface area contributed by atoms with Gasteiger partial charge in [-0.2, -0.15) is 26.3 Å². The maximum absolute atomic E-state index is 12.4. The first kappa shape index (κ1) is 16.9. The van der Waals surface area contributed by atoms with E-state index in [9.17, 15) is 31.1 Å². The maximum Gasteiger partial charge on any atom is 0.417 e. The molecular weight excluding hydrogens is 326 g/mol. The zero-order valence-electron chi connectivity index (χ0n) is 11.3. The molecule has 0 radical (unpaired) electrons.